The molecule has 1 saturated carbocycles. The van der Waals surface area contributed by atoms with E-state index in [-0.39, 0.29) is 17.9 Å². The molecule has 2 aromatic heterocycles. The van der Waals surface area contributed by atoms with Gasteiger partial charge in [-0.15, -0.1) is 0 Å². The molecule has 0 radical (unpaired) electrons. The van der Waals surface area contributed by atoms with Crippen molar-refractivity contribution in [3.63, 3.8) is 0 Å². The van der Waals surface area contributed by atoms with Crippen molar-refractivity contribution in [1.29, 1.82) is 5.26 Å². The summed E-state index contributed by atoms with van der Waals surface area (Å²) in [6.07, 6.45) is 4.40. The minimum absolute atomic E-state index is 0.00224. The first-order chi connectivity index (χ1) is 11.7. The quantitative estimate of drug-likeness (QED) is 0.785. The van der Waals surface area contributed by atoms with Gasteiger partial charge in [-0.3, -0.25) is 4.79 Å². The first-order valence-electron chi connectivity index (χ1n) is 7.52. The average Bonchev–Trinajstić information content (AvgIpc) is 3.19. The zero-order chi connectivity index (χ0) is 16.5. The molecule has 4 rings (SSSR count). The highest BCUT2D eigenvalue weighted by molar-refractivity contribution is 7.16. The van der Waals surface area contributed by atoms with Crippen molar-refractivity contribution < 1.29 is 13.9 Å². The van der Waals surface area contributed by atoms with E-state index >= 15 is 0 Å². The third kappa shape index (κ3) is 2.72. The number of amides is 1. The minimum atomic E-state index is -0.0970. The molecule has 0 saturated heterocycles. The van der Waals surface area contributed by atoms with Gasteiger partial charge in [0.25, 0.3) is 0 Å². The molecule has 1 fully saturated rings. The number of carbonyl (C=O) groups excluding carboxylic acids is 1. The monoisotopic (exact) mass is 339 g/mol. The van der Waals surface area contributed by atoms with E-state index in [1.54, 1.807) is 6.26 Å². The standard InChI is InChI=1S/C17H13N3O3S/c18-8-13-9-19-17(24-13)20-16(21)11-6-12(7-11)23-14-3-1-2-10-4-5-22-15(10)14/h1-5,9,11-12H,6-7H2,(H,19,20,21)/t11-,12-. The lowest BCUT2D eigenvalue weighted by Gasteiger charge is -2.34. The van der Waals surface area contributed by atoms with Gasteiger partial charge in [0.2, 0.25) is 5.91 Å². The number of thiazole rings is 1. The van der Waals surface area contributed by atoms with Gasteiger partial charge in [0.05, 0.1) is 12.5 Å². The Labute approximate surface area is 141 Å². The fourth-order valence-electron chi connectivity index (χ4n) is 2.70. The lowest BCUT2D eigenvalue weighted by molar-refractivity contribution is -0.125. The first-order valence-corrected chi connectivity index (χ1v) is 8.34. The molecule has 120 valence electrons. The van der Waals surface area contributed by atoms with Gasteiger partial charge in [0.1, 0.15) is 17.1 Å². The smallest absolute Gasteiger partial charge is 0.229 e. The number of fused-ring (bicyclic) bond motifs is 1. The van der Waals surface area contributed by atoms with Gasteiger partial charge in [-0.2, -0.15) is 5.26 Å². The van der Waals surface area contributed by atoms with Crippen LogP contribution in [-0.2, 0) is 4.79 Å². The number of benzene rings is 1. The third-order valence-electron chi connectivity index (χ3n) is 4.05. The lowest BCUT2D eigenvalue weighted by Crippen LogP contribution is -2.40. The van der Waals surface area contributed by atoms with Crippen LogP contribution in [0.1, 0.15) is 17.7 Å². The van der Waals surface area contributed by atoms with Crippen LogP contribution >= 0.6 is 11.3 Å². The van der Waals surface area contributed by atoms with Crippen LogP contribution in [0.4, 0.5) is 5.13 Å². The van der Waals surface area contributed by atoms with E-state index in [4.69, 9.17) is 14.4 Å². The normalized spacial score (nSPS) is 19.5. The van der Waals surface area contributed by atoms with Crippen LogP contribution in [0.2, 0.25) is 0 Å². The van der Waals surface area contributed by atoms with E-state index < -0.39 is 0 Å². The van der Waals surface area contributed by atoms with Crippen LogP contribution in [0.3, 0.4) is 0 Å². The van der Waals surface area contributed by atoms with Gasteiger partial charge < -0.3 is 14.5 Å². The fraction of sp³-hybridized carbons (Fsp3) is 0.235. The number of aromatic nitrogens is 1. The summed E-state index contributed by atoms with van der Waals surface area (Å²) in [4.78, 5) is 16.6. The van der Waals surface area contributed by atoms with E-state index in [9.17, 15) is 4.79 Å². The van der Waals surface area contributed by atoms with Crippen molar-refractivity contribution in [2.45, 2.75) is 18.9 Å². The Morgan fingerprint density at radius 1 is 1.42 bits per heavy atom. The van der Waals surface area contributed by atoms with Gasteiger partial charge in [-0.05, 0) is 25.0 Å². The Balaban J connectivity index is 1.34. The molecule has 2 heterocycles. The van der Waals surface area contributed by atoms with Gasteiger partial charge in [0, 0.05) is 11.3 Å². The number of carbonyl (C=O) groups is 1. The number of furan rings is 1. The van der Waals surface area contributed by atoms with Crippen LogP contribution in [0.15, 0.2) is 41.1 Å². The Hall–Kier alpha value is -2.85. The Morgan fingerprint density at radius 3 is 3.08 bits per heavy atom. The van der Waals surface area contributed by atoms with Crippen molar-refractivity contribution in [2.75, 3.05) is 5.32 Å². The predicted molar refractivity (Wildman–Crippen MR) is 88.8 cm³/mol. The van der Waals surface area contributed by atoms with E-state index in [0.717, 1.165) is 11.0 Å². The number of hydrogen-bond acceptors (Lipinski definition) is 6. The number of anilines is 1. The SMILES string of the molecule is N#Cc1cnc(NC(=O)[C@H]2C[C@H](Oc3cccc4ccoc34)C2)s1. The summed E-state index contributed by atoms with van der Waals surface area (Å²) in [5.74, 6) is 0.532. The topological polar surface area (TPSA) is 88.2 Å². The van der Waals surface area contributed by atoms with E-state index in [0.29, 0.717) is 28.6 Å². The van der Waals surface area contributed by atoms with Gasteiger partial charge in [-0.25, -0.2) is 4.98 Å². The number of hydrogen-bond donors (Lipinski definition) is 1. The summed E-state index contributed by atoms with van der Waals surface area (Å²) in [6, 6.07) is 9.65. The zero-order valence-electron chi connectivity index (χ0n) is 12.6. The number of nitrogens with zero attached hydrogens (tertiary/aromatic N) is 2. The van der Waals surface area contributed by atoms with Crippen molar-refractivity contribution >= 4 is 33.3 Å². The van der Waals surface area contributed by atoms with E-state index in [2.05, 4.69) is 10.3 Å². The molecule has 0 aliphatic heterocycles. The largest absolute Gasteiger partial charge is 0.486 e. The van der Waals surface area contributed by atoms with E-state index in [1.165, 1.54) is 17.5 Å². The van der Waals surface area contributed by atoms with Crippen LogP contribution in [0.5, 0.6) is 5.75 Å². The molecule has 0 unspecified atom stereocenters. The van der Waals surface area contributed by atoms with Crippen molar-refractivity contribution in [2.24, 2.45) is 5.92 Å². The highest BCUT2D eigenvalue weighted by Gasteiger charge is 2.36. The molecular weight excluding hydrogens is 326 g/mol. The molecule has 0 atom stereocenters. The number of para-hydroxylation sites is 1. The maximum absolute atomic E-state index is 12.2. The summed E-state index contributed by atoms with van der Waals surface area (Å²) < 4.78 is 11.4. The fourth-order valence-corrected chi connectivity index (χ4v) is 3.32. The minimum Gasteiger partial charge on any atom is -0.486 e. The van der Waals surface area contributed by atoms with Crippen molar-refractivity contribution in [3.05, 3.63) is 41.6 Å². The summed E-state index contributed by atoms with van der Waals surface area (Å²) in [7, 11) is 0. The molecule has 0 spiro atoms. The maximum Gasteiger partial charge on any atom is 0.229 e. The number of ether oxygens (including phenoxy) is 1. The van der Waals surface area contributed by atoms with E-state index in [1.807, 2.05) is 30.3 Å². The van der Waals surface area contributed by atoms with Crippen molar-refractivity contribution in [1.82, 2.24) is 4.98 Å². The molecule has 1 aliphatic rings. The van der Waals surface area contributed by atoms with Gasteiger partial charge in [0.15, 0.2) is 16.5 Å². The van der Waals surface area contributed by atoms with Crippen LogP contribution in [-0.4, -0.2) is 17.0 Å². The molecule has 3 aromatic rings. The molecule has 6 nitrogen and oxygen atoms in total. The molecule has 1 aliphatic carbocycles. The third-order valence-corrected chi connectivity index (χ3v) is 4.87. The second-order valence-corrected chi connectivity index (χ2v) is 6.66. The molecule has 0 bridgehead atoms. The Morgan fingerprint density at radius 2 is 2.29 bits per heavy atom. The van der Waals surface area contributed by atoms with Crippen LogP contribution < -0.4 is 10.1 Å². The highest BCUT2D eigenvalue weighted by atomic mass is 32.1. The number of nitriles is 1. The predicted octanol–water partition coefficient (Wildman–Crippen LogP) is 3.56. The summed E-state index contributed by atoms with van der Waals surface area (Å²) in [6.45, 7) is 0. The molecule has 1 N–H and O–H groups in total. The van der Waals surface area contributed by atoms with Crippen LogP contribution in [0.25, 0.3) is 11.0 Å². The first kappa shape index (κ1) is 14.7. The van der Waals surface area contributed by atoms with Gasteiger partial charge >= 0.3 is 0 Å². The zero-order valence-corrected chi connectivity index (χ0v) is 13.4. The summed E-state index contributed by atoms with van der Waals surface area (Å²) in [5.41, 5.74) is 0.734. The lowest BCUT2D eigenvalue weighted by atomic mass is 9.81. The highest BCUT2D eigenvalue weighted by Crippen LogP contribution is 2.35. The molecule has 1 amide bonds. The second kappa shape index (κ2) is 5.98. The maximum atomic E-state index is 12.2. The van der Waals surface area contributed by atoms with Gasteiger partial charge in [-0.1, -0.05) is 23.5 Å². The van der Waals surface area contributed by atoms with Crippen molar-refractivity contribution in [3.8, 4) is 11.8 Å². The Bertz CT molecular complexity index is 934. The Kier molecular flexibility index (Phi) is 3.67. The number of nitrogens with one attached hydrogen (secondary N) is 1. The molecule has 24 heavy (non-hydrogen) atoms. The number of rotatable bonds is 4. The average molecular weight is 339 g/mol. The molecular formula is C17H13N3O3S. The summed E-state index contributed by atoms with van der Waals surface area (Å²) >= 11 is 1.17. The van der Waals surface area contributed by atoms with Crippen LogP contribution in [0, 0.1) is 17.2 Å². The second-order valence-electron chi connectivity index (χ2n) is 5.63. The molecule has 1 aromatic carbocycles. The summed E-state index contributed by atoms with van der Waals surface area (Å²) in [5, 5.41) is 13.0. The molecule has 7 heteroatoms.